The topological polar surface area (TPSA) is 80.1 Å². The van der Waals surface area contributed by atoms with Crippen molar-refractivity contribution in [3.05, 3.63) is 61.9 Å². The van der Waals surface area contributed by atoms with E-state index in [0.29, 0.717) is 20.0 Å². The van der Waals surface area contributed by atoms with E-state index < -0.39 is 23.7 Å². The minimum Gasteiger partial charge on any atom is -0.334 e. The van der Waals surface area contributed by atoms with Gasteiger partial charge in [0, 0.05) is 33.9 Å². The molecule has 0 saturated heterocycles. The van der Waals surface area contributed by atoms with Gasteiger partial charge in [-0.3, -0.25) is 14.9 Å². The number of fused-ring (bicyclic) bond motifs is 2. The highest BCUT2D eigenvalue weighted by Gasteiger charge is 2.42. The van der Waals surface area contributed by atoms with Gasteiger partial charge in [0.2, 0.25) is 0 Å². The summed E-state index contributed by atoms with van der Waals surface area (Å²) in [6.45, 7) is 0.994. The molecule has 2 aliphatic heterocycles. The lowest BCUT2D eigenvalue weighted by Crippen LogP contribution is -2.38. The van der Waals surface area contributed by atoms with Crippen LogP contribution in [0, 0.1) is 9.39 Å². The Labute approximate surface area is 183 Å². The zero-order valence-corrected chi connectivity index (χ0v) is 18.0. The first-order valence-electron chi connectivity index (χ1n) is 9.06. The van der Waals surface area contributed by atoms with Gasteiger partial charge in [0.05, 0.1) is 17.6 Å². The quantitative estimate of drug-likeness (QED) is 0.533. The van der Waals surface area contributed by atoms with Crippen LogP contribution < -0.4 is 5.32 Å². The number of amides is 2. The molecule has 29 heavy (non-hydrogen) atoms. The molecule has 3 aromatic rings. The largest absolute Gasteiger partial charge is 0.334 e. The third-order valence-corrected chi connectivity index (χ3v) is 6.79. The van der Waals surface area contributed by atoms with E-state index in [1.807, 2.05) is 27.2 Å². The van der Waals surface area contributed by atoms with Crippen LogP contribution in [0.2, 0.25) is 0 Å². The van der Waals surface area contributed by atoms with Crippen LogP contribution in [0.15, 0.2) is 30.0 Å². The highest BCUT2D eigenvalue weighted by atomic mass is 127. The minimum absolute atomic E-state index is 0.0415. The lowest BCUT2D eigenvalue weighted by molar-refractivity contribution is -0.121. The average Bonchev–Trinajstić information content (AvgIpc) is 3.46. The Morgan fingerprint density at radius 3 is 3.00 bits per heavy atom. The number of nitrogens with zero attached hydrogens (tertiary/aromatic N) is 4. The smallest absolute Gasteiger partial charge is 0.258 e. The number of carbonyl (C=O) groups is 2. The van der Waals surface area contributed by atoms with E-state index in [2.05, 4.69) is 15.3 Å². The second-order valence-electron chi connectivity index (χ2n) is 6.93. The third-order valence-electron chi connectivity index (χ3n) is 5.27. The summed E-state index contributed by atoms with van der Waals surface area (Å²) in [5.41, 5.74) is 2.12. The molecule has 0 radical (unpaired) electrons. The number of halogens is 2. The van der Waals surface area contributed by atoms with Crippen molar-refractivity contribution in [2.45, 2.75) is 32.0 Å². The number of benzene rings is 1. The first-order chi connectivity index (χ1) is 14.0. The molecule has 148 valence electrons. The number of thiazole rings is 1. The third kappa shape index (κ3) is 3.05. The van der Waals surface area contributed by atoms with E-state index in [9.17, 15) is 14.0 Å². The Morgan fingerprint density at radius 2 is 2.21 bits per heavy atom. The summed E-state index contributed by atoms with van der Waals surface area (Å²) in [5.74, 6) is -1.43. The molecule has 0 bridgehead atoms. The van der Waals surface area contributed by atoms with Crippen molar-refractivity contribution in [2.75, 3.05) is 5.32 Å². The standard InChI is InChI=1S/C19H15FIN5O2S/c20-14-11(21)4-3-10-8-26(18(28)13(10)14)16(17(27)24-19-22-5-7-29-19)15-12-2-1-6-25(12)9-23-15/h3-5,7,9,16H,1-2,6,8H2,(H,22,24,27). The Kier molecular flexibility index (Phi) is 4.62. The molecular formula is C19H15FIN5O2S. The fourth-order valence-corrected chi connectivity index (χ4v) is 4.95. The van der Waals surface area contributed by atoms with Gasteiger partial charge in [-0.15, -0.1) is 11.3 Å². The van der Waals surface area contributed by atoms with Crippen molar-refractivity contribution in [3.8, 4) is 0 Å². The number of hydrogen-bond donors (Lipinski definition) is 1. The second kappa shape index (κ2) is 7.17. The van der Waals surface area contributed by atoms with Gasteiger partial charge in [-0.25, -0.2) is 14.4 Å². The maximum atomic E-state index is 14.7. The number of hydrogen-bond acceptors (Lipinski definition) is 5. The molecule has 1 atom stereocenters. The summed E-state index contributed by atoms with van der Waals surface area (Å²) in [6, 6.07) is 2.43. The van der Waals surface area contributed by atoms with Gasteiger partial charge >= 0.3 is 0 Å². The van der Waals surface area contributed by atoms with Crippen LogP contribution in [0.1, 0.15) is 39.8 Å². The van der Waals surface area contributed by atoms with Crippen LogP contribution >= 0.6 is 33.9 Å². The molecule has 7 nitrogen and oxygen atoms in total. The molecule has 2 amide bonds. The molecule has 0 fully saturated rings. The summed E-state index contributed by atoms with van der Waals surface area (Å²) in [4.78, 5) is 36.4. The van der Waals surface area contributed by atoms with E-state index in [0.717, 1.165) is 25.1 Å². The van der Waals surface area contributed by atoms with Crippen molar-refractivity contribution < 1.29 is 14.0 Å². The maximum absolute atomic E-state index is 14.7. The Balaban J connectivity index is 1.56. The van der Waals surface area contributed by atoms with Gasteiger partial charge in [0.25, 0.3) is 11.8 Å². The molecular weight excluding hydrogens is 508 g/mol. The molecule has 5 rings (SSSR count). The summed E-state index contributed by atoms with van der Waals surface area (Å²) in [5, 5.41) is 4.98. The van der Waals surface area contributed by atoms with Crippen LogP contribution in [0.5, 0.6) is 0 Å². The molecule has 2 aliphatic rings. The maximum Gasteiger partial charge on any atom is 0.258 e. The lowest BCUT2D eigenvalue weighted by Gasteiger charge is -2.26. The fourth-order valence-electron chi connectivity index (χ4n) is 3.97. The Morgan fingerprint density at radius 1 is 1.34 bits per heavy atom. The van der Waals surface area contributed by atoms with E-state index in [1.165, 1.54) is 16.2 Å². The van der Waals surface area contributed by atoms with Crippen molar-refractivity contribution >= 4 is 50.9 Å². The molecule has 4 heterocycles. The van der Waals surface area contributed by atoms with Gasteiger partial charge < -0.3 is 9.47 Å². The molecule has 0 aliphatic carbocycles. The second-order valence-corrected chi connectivity index (χ2v) is 8.99. The van der Waals surface area contributed by atoms with Crippen LogP contribution in [-0.2, 0) is 24.3 Å². The fraction of sp³-hybridized carbons (Fsp3) is 0.263. The van der Waals surface area contributed by atoms with E-state index in [-0.39, 0.29) is 12.1 Å². The Hall–Kier alpha value is -2.34. The number of rotatable bonds is 4. The molecule has 0 saturated carbocycles. The van der Waals surface area contributed by atoms with Crippen LogP contribution in [0.25, 0.3) is 0 Å². The number of aryl methyl sites for hydroxylation is 1. The van der Waals surface area contributed by atoms with Gasteiger partial charge in [-0.05, 0) is 47.1 Å². The highest BCUT2D eigenvalue weighted by molar-refractivity contribution is 14.1. The van der Waals surface area contributed by atoms with Crippen molar-refractivity contribution in [2.24, 2.45) is 0 Å². The lowest BCUT2D eigenvalue weighted by atomic mass is 10.1. The van der Waals surface area contributed by atoms with Gasteiger partial charge in [-0.2, -0.15) is 0 Å². The van der Waals surface area contributed by atoms with Crippen LogP contribution in [0.4, 0.5) is 9.52 Å². The number of aromatic nitrogens is 3. The highest BCUT2D eigenvalue weighted by Crippen LogP contribution is 2.36. The first-order valence-corrected chi connectivity index (χ1v) is 11.0. The Bertz CT molecular complexity index is 1130. The van der Waals surface area contributed by atoms with Gasteiger partial charge in [0.1, 0.15) is 5.82 Å². The average molecular weight is 523 g/mol. The SMILES string of the molecule is O=C(Nc1nccs1)C(c1ncn2c1CCC2)N1Cc2ccc(I)c(F)c2C1=O. The predicted octanol–water partition coefficient (Wildman–Crippen LogP) is 3.37. The molecule has 2 aromatic heterocycles. The van der Waals surface area contributed by atoms with Gasteiger partial charge in [-0.1, -0.05) is 6.07 Å². The number of nitrogens with one attached hydrogen (secondary N) is 1. The molecule has 0 spiro atoms. The minimum atomic E-state index is -0.954. The summed E-state index contributed by atoms with van der Waals surface area (Å²) in [6.07, 6.45) is 5.06. The number of anilines is 1. The summed E-state index contributed by atoms with van der Waals surface area (Å²) >= 11 is 3.16. The van der Waals surface area contributed by atoms with Gasteiger partial charge in [0.15, 0.2) is 11.2 Å². The van der Waals surface area contributed by atoms with Crippen molar-refractivity contribution in [1.29, 1.82) is 0 Å². The molecule has 1 N–H and O–H groups in total. The number of imidazole rings is 1. The van der Waals surface area contributed by atoms with E-state index in [1.54, 1.807) is 30.0 Å². The van der Waals surface area contributed by atoms with Crippen molar-refractivity contribution in [1.82, 2.24) is 19.4 Å². The van der Waals surface area contributed by atoms with E-state index in [4.69, 9.17) is 0 Å². The molecule has 10 heteroatoms. The van der Waals surface area contributed by atoms with Crippen LogP contribution in [-0.4, -0.2) is 31.2 Å². The molecule has 1 aromatic carbocycles. The van der Waals surface area contributed by atoms with Crippen LogP contribution in [0.3, 0.4) is 0 Å². The van der Waals surface area contributed by atoms with E-state index >= 15 is 0 Å². The zero-order chi connectivity index (χ0) is 20.1. The molecule has 1 unspecified atom stereocenters. The van der Waals surface area contributed by atoms with Crippen molar-refractivity contribution in [3.63, 3.8) is 0 Å². The number of carbonyl (C=O) groups excluding carboxylic acids is 2. The first kappa shape index (κ1) is 18.7. The summed E-state index contributed by atoms with van der Waals surface area (Å²) in [7, 11) is 0. The summed E-state index contributed by atoms with van der Waals surface area (Å²) < 4.78 is 17.1. The predicted molar refractivity (Wildman–Crippen MR) is 113 cm³/mol. The monoisotopic (exact) mass is 523 g/mol. The normalized spacial score (nSPS) is 16.1. The zero-order valence-electron chi connectivity index (χ0n) is 15.1.